The van der Waals surface area contributed by atoms with Gasteiger partial charge in [0.2, 0.25) is 5.91 Å². The first-order chi connectivity index (χ1) is 12.5. The predicted octanol–water partition coefficient (Wildman–Crippen LogP) is 1.77. The summed E-state index contributed by atoms with van der Waals surface area (Å²) in [4.78, 5) is 29.3. The van der Waals surface area contributed by atoms with Gasteiger partial charge in [0.05, 0.1) is 6.54 Å². The van der Waals surface area contributed by atoms with E-state index >= 15 is 0 Å². The molecule has 1 saturated heterocycles. The Bertz CT molecular complexity index is 786. The molecule has 1 atom stereocenters. The van der Waals surface area contributed by atoms with Crippen LogP contribution in [-0.2, 0) is 22.6 Å². The van der Waals surface area contributed by atoms with Crippen LogP contribution in [0.1, 0.15) is 18.2 Å². The summed E-state index contributed by atoms with van der Waals surface area (Å²) in [5.41, 5.74) is 2.15. The third kappa shape index (κ3) is 3.66. The number of hydrogen-bond acceptors (Lipinski definition) is 5. The highest BCUT2D eigenvalue weighted by Gasteiger charge is 2.32. The monoisotopic (exact) mass is 357 g/mol. The molecule has 3 rings (SSSR count). The van der Waals surface area contributed by atoms with Crippen molar-refractivity contribution in [3.63, 3.8) is 0 Å². The molecule has 2 heterocycles. The van der Waals surface area contributed by atoms with Crippen molar-refractivity contribution in [3.8, 4) is 0 Å². The minimum absolute atomic E-state index is 0.00272. The van der Waals surface area contributed by atoms with Gasteiger partial charge in [0.15, 0.2) is 0 Å². The number of benzene rings is 1. The van der Waals surface area contributed by atoms with Gasteiger partial charge in [-0.3, -0.25) is 14.6 Å². The summed E-state index contributed by atoms with van der Waals surface area (Å²) in [6.45, 7) is 5.39. The van der Waals surface area contributed by atoms with Crippen molar-refractivity contribution in [1.82, 2.24) is 14.7 Å². The number of rotatable bonds is 6. The molecule has 6 heteroatoms. The zero-order chi connectivity index (χ0) is 18.7. The number of para-hydroxylation sites is 1. The largest absolute Gasteiger partial charge is 0.461 e. The van der Waals surface area contributed by atoms with Crippen LogP contribution in [0.5, 0.6) is 0 Å². The first-order valence-electron chi connectivity index (χ1n) is 9.15. The van der Waals surface area contributed by atoms with Gasteiger partial charge in [-0.2, -0.15) is 0 Å². The molecule has 0 aliphatic carbocycles. The number of carbonyl (C=O) groups excluding carboxylic acids is 2. The third-order valence-corrected chi connectivity index (χ3v) is 5.23. The fourth-order valence-electron chi connectivity index (χ4n) is 3.63. The van der Waals surface area contributed by atoms with E-state index in [1.807, 2.05) is 25.2 Å². The van der Waals surface area contributed by atoms with Crippen LogP contribution in [0.4, 0.5) is 0 Å². The van der Waals surface area contributed by atoms with E-state index in [-0.39, 0.29) is 18.5 Å². The van der Waals surface area contributed by atoms with Gasteiger partial charge in [-0.1, -0.05) is 25.1 Å². The van der Waals surface area contributed by atoms with Gasteiger partial charge in [0.25, 0.3) is 0 Å². The average molecular weight is 357 g/mol. The van der Waals surface area contributed by atoms with Crippen LogP contribution < -0.4 is 0 Å². The van der Waals surface area contributed by atoms with E-state index in [2.05, 4.69) is 22.8 Å². The molecule has 2 aromatic rings. The van der Waals surface area contributed by atoms with Crippen molar-refractivity contribution in [3.05, 3.63) is 35.6 Å². The van der Waals surface area contributed by atoms with Crippen LogP contribution in [0.3, 0.4) is 0 Å². The van der Waals surface area contributed by atoms with Crippen molar-refractivity contribution < 1.29 is 14.0 Å². The number of piperazine rings is 1. The Morgan fingerprint density at radius 1 is 1.35 bits per heavy atom. The molecule has 140 valence electrons. The number of carbonyl (C=O) groups is 2. The molecule has 26 heavy (non-hydrogen) atoms. The molecule has 1 aromatic heterocycles. The molecule has 1 aliphatic rings. The summed E-state index contributed by atoms with van der Waals surface area (Å²) < 4.78 is 6.00. The number of nitrogens with zero attached hydrogens (tertiary/aromatic N) is 3. The molecule has 0 bridgehead atoms. The summed E-state index contributed by atoms with van der Waals surface area (Å²) in [6, 6.07) is 7.90. The second-order valence-electron chi connectivity index (χ2n) is 6.97. The lowest BCUT2D eigenvalue weighted by Gasteiger charge is -2.39. The minimum atomic E-state index is -0.225. The van der Waals surface area contributed by atoms with Gasteiger partial charge >= 0.3 is 0 Å². The van der Waals surface area contributed by atoms with E-state index in [4.69, 9.17) is 4.42 Å². The topological polar surface area (TPSA) is 57.0 Å². The normalized spacial score (nSPS) is 19.0. The van der Waals surface area contributed by atoms with Crippen molar-refractivity contribution in [2.24, 2.45) is 0 Å². The fourth-order valence-corrected chi connectivity index (χ4v) is 3.63. The highest BCUT2D eigenvalue weighted by Crippen LogP contribution is 2.28. The molecule has 0 N–H and O–H groups in total. The molecule has 1 unspecified atom stereocenters. The number of fused-ring (bicyclic) bond motifs is 1. The molecule has 1 aromatic carbocycles. The highest BCUT2D eigenvalue weighted by atomic mass is 16.3. The zero-order valence-electron chi connectivity index (χ0n) is 15.8. The lowest BCUT2D eigenvalue weighted by atomic mass is 10.1. The van der Waals surface area contributed by atoms with Crippen molar-refractivity contribution >= 4 is 23.2 Å². The van der Waals surface area contributed by atoms with Crippen LogP contribution in [0.25, 0.3) is 11.0 Å². The quantitative estimate of drug-likeness (QED) is 0.738. The van der Waals surface area contributed by atoms with Crippen LogP contribution in [-0.4, -0.2) is 73.2 Å². The summed E-state index contributed by atoms with van der Waals surface area (Å²) in [5.74, 6) is 1.02. The maximum absolute atomic E-state index is 12.7. The van der Waals surface area contributed by atoms with Gasteiger partial charge in [-0.05, 0) is 13.1 Å². The lowest BCUT2D eigenvalue weighted by molar-refractivity contribution is -0.138. The molecular weight excluding hydrogens is 330 g/mol. The van der Waals surface area contributed by atoms with Gasteiger partial charge in [-0.25, -0.2) is 0 Å². The van der Waals surface area contributed by atoms with Gasteiger partial charge in [0.1, 0.15) is 23.7 Å². The SMILES string of the molecule is CCc1oc2ccccc2c1CN1CCN(C)C(C(=O)N(C)CC=O)C1. The van der Waals surface area contributed by atoms with Crippen LogP contribution in [0.15, 0.2) is 28.7 Å². The van der Waals surface area contributed by atoms with Crippen LogP contribution >= 0.6 is 0 Å². The first-order valence-corrected chi connectivity index (χ1v) is 9.15. The average Bonchev–Trinajstić information content (AvgIpc) is 3.00. The number of aryl methyl sites for hydroxylation is 1. The zero-order valence-corrected chi connectivity index (χ0v) is 15.8. The Morgan fingerprint density at radius 2 is 2.12 bits per heavy atom. The molecule has 1 amide bonds. The summed E-state index contributed by atoms with van der Waals surface area (Å²) in [5, 5.41) is 1.16. The number of likely N-dealkylation sites (N-methyl/N-ethyl adjacent to an activating group) is 2. The van der Waals surface area contributed by atoms with E-state index < -0.39 is 0 Å². The summed E-state index contributed by atoms with van der Waals surface area (Å²) in [7, 11) is 3.65. The Balaban J connectivity index is 1.78. The summed E-state index contributed by atoms with van der Waals surface area (Å²) >= 11 is 0. The van der Waals surface area contributed by atoms with E-state index in [0.29, 0.717) is 6.54 Å². The Morgan fingerprint density at radius 3 is 2.85 bits per heavy atom. The van der Waals surface area contributed by atoms with Crippen molar-refractivity contribution in [1.29, 1.82) is 0 Å². The maximum Gasteiger partial charge on any atom is 0.241 e. The van der Waals surface area contributed by atoms with Gasteiger partial charge in [0, 0.05) is 50.6 Å². The Labute approximate surface area is 154 Å². The molecular formula is C20H27N3O3. The second-order valence-corrected chi connectivity index (χ2v) is 6.97. The Kier molecular flexibility index (Phi) is 5.74. The standard InChI is InChI=1S/C20H27N3O3/c1-4-18-16(15-7-5-6-8-19(15)26-18)13-23-10-9-21(2)17(14-23)20(25)22(3)11-12-24/h5-8,12,17H,4,9-11,13-14H2,1-3H3. The van der Waals surface area contributed by atoms with Crippen LogP contribution in [0.2, 0.25) is 0 Å². The first kappa shape index (κ1) is 18.6. The number of furan rings is 1. The molecule has 0 radical (unpaired) electrons. The van der Waals surface area contributed by atoms with Crippen LogP contribution in [0, 0.1) is 0 Å². The molecule has 6 nitrogen and oxygen atoms in total. The molecule has 0 spiro atoms. The molecule has 1 fully saturated rings. The van der Waals surface area contributed by atoms with Crippen molar-refractivity contribution in [2.45, 2.75) is 25.9 Å². The lowest BCUT2D eigenvalue weighted by Crippen LogP contribution is -2.57. The number of hydrogen-bond donors (Lipinski definition) is 0. The van der Waals surface area contributed by atoms with E-state index in [1.54, 1.807) is 7.05 Å². The summed E-state index contributed by atoms with van der Waals surface area (Å²) in [6.07, 6.45) is 1.62. The van der Waals surface area contributed by atoms with E-state index in [0.717, 1.165) is 49.1 Å². The highest BCUT2D eigenvalue weighted by molar-refractivity contribution is 5.84. The number of amides is 1. The van der Waals surface area contributed by atoms with Crippen molar-refractivity contribution in [2.75, 3.05) is 40.3 Å². The number of aldehydes is 1. The van der Waals surface area contributed by atoms with E-state index in [9.17, 15) is 9.59 Å². The fraction of sp³-hybridized carbons (Fsp3) is 0.500. The predicted molar refractivity (Wildman–Crippen MR) is 101 cm³/mol. The van der Waals surface area contributed by atoms with Gasteiger partial charge in [-0.15, -0.1) is 0 Å². The van der Waals surface area contributed by atoms with Gasteiger partial charge < -0.3 is 14.1 Å². The third-order valence-electron chi connectivity index (χ3n) is 5.23. The van der Waals surface area contributed by atoms with E-state index in [1.165, 1.54) is 10.5 Å². The molecule has 1 aliphatic heterocycles. The maximum atomic E-state index is 12.7. The second kappa shape index (κ2) is 8.01. The minimum Gasteiger partial charge on any atom is -0.461 e. The molecule has 0 saturated carbocycles. The Hall–Kier alpha value is -2.18. The smallest absolute Gasteiger partial charge is 0.241 e.